The summed E-state index contributed by atoms with van der Waals surface area (Å²) in [6, 6.07) is 17.3. The smallest absolute Gasteiger partial charge is 0.409 e. The molecule has 0 aliphatic carbocycles. The molecule has 0 spiro atoms. The van der Waals surface area contributed by atoms with Crippen molar-refractivity contribution in [2.75, 3.05) is 33.9 Å². The average Bonchev–Trinajstić information content (AvgIpc) is 2.76. The first-order valence-corrected chi connectivity index (χ1v) is 10.8. The van der Waals surface area contributed by atoms with Gasteiger partial charge in [-0.25, -0.2) is 4.79 Å². The standard InChI is InChI=1S/C23H28INO5/c1-23(21(26)28-3,19-11-7-12-20(24)15-19)17-29-14-8-13-25(2)22(27)30-16-18-9-5-4-6-10-18/h4-7,9-12,15H,8,13-14,16-17H2,1-3H3. The Labute approximate surface area is 191 Å². The number of carbonyl (C=O) groups excluding carboxylic acids is 2. The van der Waals surface area contributed by atoms with Crippen LogP contribution in [-0.4, -0.2) is 50.9 Å². The molecular formula is C23H28INO5. The van der Waals surface area contributed by atoms with Crippen molar-refractivity contribution in [2.45, 2.75) is 25.4 Å². The van der Waals surface area contributed by atoms with Crippen LogP contribution in [0.5, 0.6) is 0 Å². The third-order valence-corrected chi connectivity index (χ3v) is 5.46. The Kier molecular flexibility index (Phi) is 9.58. The summed E-state index contributed by atoms with van der Waals surface area (Å²) in [5.74, 6) is -0.342. The van der Waals surface area contributed by atoms with Crippen LogP contribution in [0.2, 0.25) is 0 Å². The highest BCUT2D eigenvalue weighted by Crippen LogP contribution is 2.27. The second kappa shape index (κ2) is 11.9. The van der Waals surface area contributed by atoms with E-state index in [1.54, 1.807) is 7.05 Å². The van der Waals surface area contributed by atoms with Crippen LogP contribution in [0.3, 0.4) is 0 Å². The molecule has 7 heteroatoms. The van der Waals surface area contributed by atoms with E-state index in [1.165, 1.54) is 12.0 Å². The van der Waals surface area contributed by atoms with Crippen LogP contribution in [0.4, 0.5) is 4.79 Å². The predicted octanol–water partition coefficient (Wildman–Crippen LogP) is 4.40. The van der Waals surface area contributed by atoms with E-state index >= 15 is 0 Å². The minimum Gasteiger partial charge on any atom is -0.468 e. The molecule has 2 aromatic carbocycles. The topological polar surface area (TPSA) is 65.1 Å². The highest BCUT2D eigenvalue weighted by atomic mass is 127. The molecule has 0 saturated carbocycles. The summed E-state index contributed by atoms with van der Waals surface area (Å²) in [5, 5.41) is 0. The Morgan fingerprint density at radius 1 is 1.10 bits per heavy atom. The van der Waals surface area contributed by atoms with E-state index in [0.717, 1.165) is 14.7 Å². The lowest BCUT2D eigenvalue weighted by Gasteiger charge is -2.27. The molecule has 1 amide bonds. The molecule has 2 aromatic rings. The van der Waals surface area contributed by atoms with Gasteiger partial charge in [-0.1, -0.05) is 42.5 Å². The van der Waals surface area contributed by atoms with E-state index in [-0.39, 0.29) is 25.3 Å². The summed E-state index contributed by atoms with van der Waals surface area (Å²) in [5.41, 5.74) is 0.902. The van der Waals surface area contributed by atoms with Crippen LogP contribution >= 0.6 is 22.6 Å². The van der Waals surface area contributed by atoms with Crippen LogP contribution in [-0.2, 0) is 31.0 Å². The number of benzene rings is 2. The normalized spacial score (nSPS) is 12.7. The molecule has 0 aromatic heterocycles. The van der Waals surface area contributed by atoms with Crippen LogP contribution in [0.15, 0.2) is 54.6 Å². The predicted molar refractivity (Wildman–Crippen MR) is 123 cm³/mol. The monoisotopic (exact) mass is 525 g/mol. The van der Waals surface area contributed by atoms with Gasteiger partial charge in [-0.3, -0.25) is 4.79 Å². The zero-order valence-corrected chi connectivity index (χ0v) is 19.8. The maximum Gasteiger partial charge on any atom is 0.409 e. The van der Waals surface area contributed by atoms with Crippen molar-refractivity contribution in [3.8, 4) is 0 Å². The Bertz CT molecular complexity index is 829. The lowest BCUT2D eigenvalue weighted by atomic mass is 9.83. The molecule has 2 rings (SSSR count). The molecule has 0 bridgehead atoms. The lowest BCUT2D eigenvalue weighted by molar-refractivity contribution is -0.149. The summed E-state index contributed by atoms with van der Waals surface area (Å²) in [4.78, 5) is 26.0. The molecule has 6 nitrogen and oxygen atoms in total. The third kappa shape index (κ3) is 6.98. The quantitative estimate of drug-likeness (QED) is 0.262. The van der Waals surface area contributed by atoms with Gasteiger partial charge in [-0.2, -0.15) is 0 Å². The van der Waals surface area contributed by atoms with Crippen molar-refractivity contribution in [1.82, 2.24) is 4.90 Å². The van der Waals surface area contributed by atoms with E-state index in [1.807, 2.05) is 61.5 Å². The molecule has 0 radical (unpaired) electrons. The second-order valence-electron chi connectivity index (χ2n) is 7.20. The van der Waals surface area contributed by atoms with Crippen LogP contribution in [0, 0.1) is 3.57 Å². The van der Waals surface area contributed by atoms with Crippen LogP contribution < -0.4 is 0 Å². The van der Waals surface area contributed by atoms with E-state index < -0.39 is 5.41 Å². The largest absolute Gasteiger partial charge is 0.468 e. The fourth-order valence-corrected chi connectivity index (χ4v) is 3.46. The molecule has 0 fully saturated rings. The van der Waals surface area contributed by atoms with Gasteiger partial charge in [0.15, 0.2) is 0 Å². The van der Waals surface area contributed by atoms with Gasteiger partial charge >= 0.3 is 12.1 Å². The molecule has 162 valence electrons. The average molecular weight is 525 g/mol. The number of halogens is 1. The molecule has 0 saturated heterocycles. The van der Waals surface area contributed by atoms with Crippen molar-refractivity contribution < 1.29 is 23.8 Å². The first-order valence-electron chi connectivity index (χ1n) is 9.71. The van der Waals surface area contributed by atoms with Crippen molar-refractivity contribution in [3.63, 3.8) is 0 Å². The van der Waals surface area contributed by atoms with Gasteiger partial charge in [-0.15, -0.1) is 0 Å². The van der Waals surface area contributed by atoms with Crippen molar-refractivity contribution in [3.05, 3.63) is 69.3 Å². The van der Waals surface area contributed by atoms with Gasteiger partial charge < -0.3 is 19.1 Å². The Hall–Kier alpha value is -2.13. The number of rotatable bonds is 10. The number of ether oxygens (including phenoxy) is 3. The first kappa shape index (κ1) is 24.1. The lowest BCUT2D eigenvalue weighted by Crippen LogP contribution is -2.39. The van der Waals surface area contributed by atoms with Gasteiger partial charge in [0.05, 0.1) is 13.7 Å². The molecule has 0 aliphatic heterocycles. The summed E-state index contributed by atoms with van der Waals surface area (Å²) in [6.45, 7) is 3.16. The number of carbonyl (C=O) groups is 2. The maximum atomic E-state index is 12.4. The Balaban J connectivity index is 1.78. The number of hydrogen-bond acceptors (Lipinski definition) is 5. The van der Waals surface area contributed by atoms with Gasteiger partial charge in [0, 0.05) is 23.8 Å². The van der Waals surface area contributed by atoms with Gasteiger partial charge in [0.1, 0.15) is 12.0 Å². The number of methoxy groups -OCH3 is 1. The van der Waals surface area contributed by atoms with Gasteiger partial charge in [-0.05, 0) is 59.2 Å². The number of amides is 1. The first-order chi connectivity index (χ1) is 14.4. The fourth-order valence-electron chi connectivity index (χ4n) is 2.92. The summed E-state index contributed by atoms with van der Waals surface area (Å²) < 4.78 is 17.1. The van der Waals surface area contributed by atoms with E-state index in [0.29, 0.717) is 19.6 Å². The number of hydrogen-bond donors (Lipinski definition) is 0. The fraction of sp³-hybridized carbons (Fsp3) is 0.391. The summed E-state index contributed by atoms with van der Waals surface area (Å²) in [6.07, 6.45) is 0.248. The van der Waals surface area contributed by atoms with Crippen LogP contribution in [0.1, 0.15) is 24.5 Å². The van der Waals surface area contributed by atoms with E-state index in [4.69, 9.17) is 14.2 Å². The zero-order valence-electron chi connectivity index (χ0n) is 17.6. The van der Waals surface area contributed by atoms with Gasteiger partial charge in [0.25, 0.3) is 0 Å². The number of nitrogens with zero attached hydrogens (tertiary/aromatic N) is 1. The minimum absolute atomic E-state index is 0.196. The molecular weight excluding hydrogens is 497 g/mol. The highest BCUT2D eigenvalue weighted by Gasteiger charge is 2.37. The minimum atomic E-state index is -0.892. The zero-order chi connectivity index (χ0) is 22.0. The van der Waals surface area contributed by atoms with Crippen molar-refractivity contribution in [2.24, 2.45) is 0 Å². The summed E-state index contributed by atoms with van der Waals surface area (Å²) >= 11 is 2.21. The van der Waals surface area contributed by atoms with Gasteiger partial charge in [0.2, 0.25) is 0 Å². The molecule has 0 N–H and O–H groups in total. The molecule has 0 aliphatic rings. The van der Waals surface area contributed by atoms with Crippen molar-refractivity contribution >= 4 is 34.7 Å². The molecule has 1 atom stereocenters. The number of esters is 1. The summed E-state index contributed by atoms with van der Waals surface area (Å²) in [7, 11) is 3.07. The maximum absolute atomic E-state index is 12.4. The van der Waals surface area contributed by atoms with Crippen LogP contribution in [0.25, 0.3) is 0 Å². The third-order valence-electron chi connectivity index (χ3n) is 4.79. The molecule has 30 heavy (non-hydrogen) atoms. The Morgan fingerprint density at radius 3 is 2.50 bits per heavy atom. The SMILES string of the molecule is COC(=O)C(C)(COCCCN(C)C(=O)OCc1ccccc1)c1cccc(I)c1. The second-order valence-corrected chi connectivity index (χ2v) is 8.45. The molecule has 1 unspecified atom stereocenters. The van der Waals surface area contributed by atoms with E-state index in [2.05, 4.69) is 22.6 Å². The van der Waals surface area contributed by atoms with Crippen molar-refractivity contribution in [1.29, 1.82) is 0 Å². The highest BCUT2D eigenvalue weighted by molar-refractivity contribution is 14.1. The van der Waals surface area contributed by atoms with E-state index in [9.17, 15) is 9.59 Å². The Morgan fingerprint density at radius 2 is 1.83 bits per heavy atom. The molecule has 0 heterocycles.